The fraction of sp³-hybridized carbons (Fsp3) is 0.429. The van der Waals surface area contributed by atoms with Gasteiger partial charge in [0.05, 0.1) is 17.6 Å². The van der Waals surface area contributed by atoms with Crippen molar-refractivity contribution in [3.8, 4) is 0 Å². The molecule has 14 heteroatoms. The molecule has 8 nitrogen and oxygen atoms in total. The highest BCUT2D eigenvalue weighted by Crippen LogP contribution is 2.41. The second kappa shape index (κ2) is 9.96. The van der Waals surface area contributed by atoms with E-state index in [9.17, 15) is 35.9 Å². The minimum Gasteiger partial charge on any atom is -0.352 e. The highest BCUT2D eigenvalue weighted by atomic mass is 19.4. The molecule has 0 saturated heterocycles. The van der Waals surface area contributed by atoms with Gasteiger partial charge in [-0.05, 0) is 37.6 Å². The lowest BCUT2D eigenvalue weighted by Gasteiger charge is -2.22. The van der Waals surface area contributed by atoms with E-state index in [1.54, 1.807) is 22.9 Å². The Morgan fingerprint density at radius 3 is 2.34 bits per heavy atom. The van der Waals surface area contributed by atoms with Gasteiger partial charge in [-0.3, -0.25) is 14.3 Å². The third-order valence-corrected chi connectivity index (χ3v) is 5.07. The quantitative estimate of drug-likeness (QED) is 0.403. The predicted molar refractivity (Wildman–Crippen MR) is 112 cm³/mol. The molecule has 0 atom stereocenters. The van der Waals surface area contributed by atoms with Crippen LogP contribution in [0.25, 0.3) is 11.0 Å². The number of alkyl halides is 6. The Morgan fingerprint density at radius 1 is 1.03 bits per heavy atom. The van der Waals surface area contributed by atoms with Crippen LogP contribution in [0.15, 0.2) is 30.5 Å². The van der Waals surface area contributed by atoms with Gasteiger partial charge in [0.25, 0.3) is 5.91 Å². The highest BCUT2D eigenvalue weighted by molar-refractivity contribution is 5.92. The maximum absolute atomic E-state index is 12.6. The lowest BCUT2D eigenvalue weighted by Crippen LogP contribution is -2.40. The first-order valence-corrected chi connectivity index (χ1v) is 10.4. The van der Waals surface area contributed by atoms with Crippen LogP contribution in [-0.4, -0.2) is 43.9 Å². The van der Waals surface area contributed by atoms with E-state index < -0.39 is 30.6 Å². The minimum absolute atomic E-state index is 0.0105. The molecule has 0 bridgehead atoms. The number of nitrogens with zero attached hydrogens (tertiary/aromatic N) is 3. The number of fused-ring (bicyclic) bond motifs is 1. The Morgan fingerprint density at radius 2 is 1.71 bits per heavy atom. The van der Waals surface area contributed by atoms with E-state index in [4.69, 9.17) is 0 Å². The summed E-state index contributed by atoms with van der Waals surface area (Å²) in [5, 5.41) is 8.89. The zero-order valence-electron chi connectivity index (χ0n) is 18.6. The average molecular weight is 504 g/mol. The van der Waals surface area contributed by atoms with Gasteiger partial charge < -0.3 is 15.6 Å². The number of imidazole rings is 1. The van der Waals surface area contributed by atoms with E-state index in [2.05, 4.69) is 25.7 Å². The molecule has 0 saturated carbocycles. The van der Waals surface area contributed by atoms with Crippen molar-refractivity contribution in [2.75, 3.05) is 0 Å². The Bertz CT molecular complexity index is 1180. The van der Waals surface area contributed by atoms with Crippen molar-refractivity contribution in [2.45, 2.75) is 51.8 Å². The second-order valence-electron chi connectivity index (χ2n) is 8.09. The van der Waals surface area contributed by atoms with Crippen molar-refractivity contribution in [2.24, 2.45) is 5.92 Å². The van der Waals surface area contributed by atoms with Gasteiger partial charge in [0.2, 0.25) is 5.91 Å². The lowest BCUT2D eigenvalue weighted by atomic mass is 10.0. The summed E-state index contributed by atoms with van der Waals surface area (Å²) in [5.74, 6) is -5.04. The van der Waals surface area contributed by atoms with Gasteiger partial charge in [-0.15, -0.1) is 0 Å². The van der Waals surface area contributed by atoms with E-state index in [-0.39, 0.29) is 25.0 Å². The smallest absolute Gasteiger partial charge is 0.352 e. The summed E-state index contributed by atoms with van der Waals surface area (Å²) < 4.78 is 77.3. The summed E-state index contributed by atoms with van der Waals surface area (Å²) in [6.45, 7) is 3.56. The number of carbonyl (C=O) groups excluding carboxylic acids is 2. The number of rotatable bonds is 8. The number of aromatic amines is 1. The molecule has 0 spiro atoms. The number of nitrogens with one attached hydrogen (secondary N) is 3. The number of carbonyl (C=O) groups is 2. The number of hydrogen-bond acceptors (Lipinski definition) is 4. The number of hydrogen-bond donors (Lipinski definition) is 3. The highest BCUT2D eigenvalue weighted by Gasteiger charge is 2.57. The Balaban J connectivity index is 1.60. The van der Waals surface area contributed by atoms with Gasteiger partial charge >= 0.3 is 12.4 Å². The predicted octanol–water partition coefficient (Wildman–Crippen LogP) is 4.02. The minimum atomic E-state index is -5.58. The van der Waals surface area contributed by atoms with Gasteiger partial charge in [-0.2, -0.15) is 31.4 Å². The number of benzene rings is 1. The van der Waals surface area contributed by atoms with Crippen LogP contribution in [0.2, 0.25) is 0 Å². The van der Waals surface area contributed by atoms with Crippen LogP contribution < -0.4 is 10.6 Å². The summed E-state index contributed by atoms with van der Waals surface area (Å²) in [4.78, 5) is 31.4. The molecule has 0 aliphatic carbocycles. The number of amides is 2. The van der Waals surface area contributed by atoms with Crippen LogP contribution in [0.5, 0.6) is 0 Å². The normalized spacial score (nSPS) is 12.5. The molecule has 3 aromatic rings. The van der Waals surface area contributed by atoms with E-state index in [0.717, 1.165) is 0 Å². The molecule has 0 radical (unpaired) electrons. The van der Waals surface area contributed by atoms with E-state index in [1.807, 2.05) is 13.8 Å². The molecule has 1 aromatic carbocycles. The second-order valence-corrected chi connectivity index (χ2v) is 8.09. The summed E-state index contributed by atoms with van der Waals surface area (Å²) >= 11 is 0. The van der Waals surface area contributed by atoms with E-state index >= 15 is 0 Å². The van der Waals surface area contributed by atoms with Crippen LogP contribution in [0.4, 0.5) is 26.3 Å². The average Bonchev–Trinajstić information content (AvgIpc) is 3.39. The van der Waals surface area contributed by atoms with Crippen LogP contribution in [0, 0.1) is 5.92 Å². The summed E-state index contributed by atoms with van der Waals surface area (Å²) in [7, 11) is 0. The Labute approximate surface area is 195 Å². The molecule has 190 valence electrons. The molecule has 0 aliphatic heterocycles. The summed E-state index contributed by atoms with van der Waals surface area (Å²) in [6, 6.07) is 6.22. The summed E-state index contributed by atoms with van der Waals surface area (Å²) in [6.07, 6.45) is -11.4. The number of aromatic nitrogens is 4. The largest absolute Gasteiger partial charge is 0.400 e. The molecule has 2 aromatic heterocycles. The fourth-order valence-electron chi connectivity index (χ4n) is 3.34. The van der Waals surface area contributed by atoms with Crippen LogP contribution in [0.3, 0.4) is 0 Å². The van der Waals surface area contributed by atoms with Crippen LogP contribution in [0.1, 0.15) is 48.2 Å². The van der Waals surface area contributed by atoms with Gasteiger partial charge in [0.1, 0.15) is 11.5 Å². The van der Waals surface area contributed by atoms with Crippen LogP contribution in [-0.2, 0) is 17.9 Å². The molecule has 2 amide bonds. The van der Waals surface area contributed by atoms with Gasteiger partial charge in [0.15, 0.2) is 5.92 Å². The maximum atomic E-state index is 12.6. The van der Waals surface area contributed by atoms with Crippen molar-refractivity contribution >= 4 is 22.8 Å². The third-order valence-electron chi connectivity index (χ3n) is 5.07. The van der Waals surface area contributed by atoms with Gasteiger partial charge in [0, 0.05) is 25.2 Å². The fourth-order valence-corrected chi connectivity index (χ4v) is 3.34. The molecule has 2 heterocycles. The third kappa shape index (κ3) is 6.51. The van der Waals surface area contributed by atoms with Crippen molar-refractivity contribution in [3.05, 3.63) is 47.5 Å². The first-order valence-electron chi connectivity index (χ1n) is 10.4. The van der Waals surface area contributed by atoms with Crippen molar-refractivity contribution in [1.29, 1.82) is 0 Å². The molecule has 0 unspecified atom stereocenters. The van der Waals surface area contributed by atoms with Gasteiger partial charge in [-0.25, -0.2) is 4.98 Å². The zero-order chi connectivity index (χ0) is 26.0. The Kier molecular flexibility index (Phi) is 7.41. The van der Waals surface area contributed by atoms with E-state index in [1.165, 1.54) is 12.3 Å². The molecular formula is C21H22F6N6O2. The molecule has 35 heavy (non-hydrogen) atoms. The number of H-pyrrole nitrogens is 1. The first kappa shape index (κ1) is 26.0. The van der Waals surface area contributed by atoms with Crippen molar-refractivity contribution in [3.63, 3.8) is 0 Å². The molecular weight excluding hydrogens is 482 g/mol. The van der Waals surface area contributed by atoms with Crippen LogP contribution >= 0.6 is 0 Å². The van der Waals surface area contributed by atoms with E-state index in [0.29, 0.717) is 28.1 Å². The van der Waals surface area contributed by atoms with Gasteiger partial charge in [-0.1, -0.05) is 6.07 Å². The van der Waals surface area contributed by atoms with Crippen molar-refractivity contribution in [1.82, 2.24) is 30.4 Å². The zero-order valence-corrected chi connectivity index (χ0v) is 18.6. The Hall–Kier alpha value is -3.58. The summed E-state index contributed by atoms with van der Waals surface area (Å²) in [5.41, 5.74) is 1.84. The number of halogens is 6. The molecule has 0 fully saturated rings. The lowest BCUT2D eigenvalue weighted by molar-refractivity contribution is -0.284. The monoisotopic (exact) mass is 504 g/mol. The first-order chi connectivity index (χ1) is 16.3. The SMILES string of the molecule is CC(C)n1nccc1C(=O)NCc1nc2ccc(CNC(=O)CC(C(F)(F)F)C(F)(F)F)cc2[nH]1. The molecule has 3 N–H and O–H groups in total. The standard InChI is InChI=1S/C21H22F6N6O2/c1-11(2)33-15(5-6-30-33)19(35)29-10-17-31-13-4-3-12(7-14(13)32-17)9-28-18(34)8-16(20(22,23)24)21(25,26)27/h3-7,11,16H,8-10H2,1-2H3,(H,28,34)(H,29,35)(H,31,32). The maximum Gasteiger partial charge on any atom is 0.400 e. The molecule has 3 rings (SSSR count). The molecule has 0 aliphatic rings. The van der Waals surface area contributed by atoms with Crippen molar-refractivity contribution < 1.29 is 35.9 Å². The topological polar surface area (TPSA) is 105 Å².